The summed E-state index contributed by atoms with van der Waals surface area (Å²) in [4.78, 5) is 28.7. The van der Waals surface area contributed by atoms with Crippen molar-refractivity contribution >= 4 is 35.1 Å². The van der Waals surface area contributed by atoms with Crippen molar-refractivity contribution in [2.75, 3.05) is 39.8 Å². The number of nitrogens with zero attached hydrogens (tertiary/aromatic N) is 3. The summed E-state index contributed by atoms with van der Waals surface area (Å²) in [7, 11) is 1.98. The van der Waals surface area contributed by atoms with Crippen molar-refractivity contribution in [3.8, 4) is 0 Å². The molecule has 5 nitrogen and oxygen atoms in total. The third-order valence-electron chi connectivity index (χ3n) is 4.82. The summed E-state index contributed by atoms with van der Waals surface area (Å²) in [5.41, 5.74) is 0.594. The average molecular weight is 484 g/mol. The Kier molecular flexibility index (Phi) is 12.9. The van der Waals surface area contributed by atoms with E-state index in [0.717, 1.165) is 13.0 Å². The minimum absolute atomic E-state index is 0.0362. The third kappa shape index (κ3) is 9.55. The maximum atomic E-state index is 13.3. The molecule has 0 atom stereocenters. The summed E-state index contributed by atoms with van der Waals surface area (Å²) in [6, 6.07) is 5.74. The number of hydrogen-bond donors (Lipinski definition) is 0. The van der Waals surface area contributed by atoms with Crippen molar-refractivity contribution in [1.29, 1.82) is 0 Å². The molecule has 1 aliphatic heterocycles. The van der Waals surface area contributed by atoms with Crippen LogP contribution in [0.2, 0.25) is 10.0 Å². The molecule has 1 amide bonds. The number of unbranched alkanes of at least 4 members (excludes halogenated alkanes) is 1. The first-order valence-corrected chi connectivity index (χ1v) is 11.4. The molecule has 0 radical (unpaired) electrons. The van der Waals surface area contributed by atoms with E-state index in [1.54, 1.807) is 34.1 Å². The number of rotatable bonds is 8. The molecule has 2 rings (SSSR count). The lowest BCUT2D eigenvalue weighted by atomic mass is 10.2. The number of benzene rings is 1. The largest absolute Gasteiger partial charge is 0.348 e. The molecule has 0 bridgehead atoms. The second-order valence-corrected chi connectivity index (χ2v) is 8.12. The number of amides is 1. The van der Waals surface area contributed by atoms with Crippen LogP contribution >= 0.6 is 23.2 Å². The number of hydrogen-bond acceptors (Lipinski definition) is 4. The molecule has 1 saturated heterocycles. The van der Waals surface area contributed by atoms with Crippen LogP contribution in [0.15, 0.2) is 60.5 Å². The maximum absolute atomic E-state index is 13.3. The summed E-state index contributed by atoms with van der Waals surface area (Å²) in [5.74, 6) is -0.0917. The van der Waals surface area contributed by atoms with E-state index in [-0.39, 0.29) is 11.6 Å². The lowest BCUT2D eigenvalue weighted by Crippen LogP contribution is -2.46. The third-order valence-corrected chi connectivity index (χ3v) is 5.58. The van der Waals surface area contributed by atoms with Gasteiger partial charge in [-0.05, 0) is 32.1 Å². The topological polar surface area (TPSA) is 43.9 Å². The van der Waals surface area contributed by atoms with E-state index < -0.39 is 6.04 Å². The summed E-state index contributed by atoms with van der Waals surface area (Å²) < 4.78 is 13.3. The average Bonchev–Trinajstić information content (AvgIpc) is 2.77. The highest BCUT2D eigenvalue weighted by molar-refractivity contribution is 6.41. The van der Waals surface area contributed by atoms with E-state index in [1.807, 2.05) is 32.2 Å². The Morgan fingerprint density at radius 2 is 1.81 bits per heavy atom. The Labute approximate surface area is 200 Å². The van der Waals surface area contributed by atoms with E-state index in [9.17, 15) is 14.0 Å². The quantitative estimate of drug-likeness (QED) is 0.370. The van der Waals surface area contributed by atoms with Crippen molar-refractivity contribution in [2.24, 2.45) is 0 Å². The first kappa shape index (κ1) is 27.9. The van der Waals surface area contributed by atoms with Gasteiger partial charge in [-0.1, -0.05) is 74.3 Å². The van der Waals surface area contributed by atoms with Gasteiger partial charge in [-0.15, -0.1) is 0 Å². The predicted octanol–water partition coefficient (Wildman–Crippen LogP) is 5.33. The molecule has 1 fully saturated rings. The van der Waals surface area contributed by atoms with Crippen LogP contribution in [0.3, 0.4) is 0 Å². The van der Waals surface area contributed by atoms with Crippen molar-refractivity contribution in [2.45, 2.75) is 26.7 Å². The lowest BCUT2D eigenvalue weighted by molar-refractivity contribution is -0.127. The number of allylic oxidation sites excluding steroid dienone is 2. The van der Waals surface area contributed by atoms with Gasteiger partial charge in [0.1, 0.15) is 5.70 Å². The number of carbonyl (C=O) groups is 2. The van der Waals surface area contributed by atoms with Crippen LogP contribution in [0.25, 0.3) is 0 Å². The van der Waals surface area contributed by atoms with Gasteiger partial charge in [-0.2, -0.15) is 4.39 Å². The van der Waals surface area contributed by atoms with E-state index in [4.69, 9.17) is 23.2 Å². The SMILES string of the molecule is C=C1CN(C(=O)/C=C/CN(C)CC)CCN1/C(=C\CCC)C(=O)F.Clc1ccccc1Cl. The zero-order chi connectivity index (χ0) is 24.1. The molecule has 1 heterocycles. The number of piperazine rings is 1. The van der Waals surface area contributed by atoms with Crippen LogP contribution in [-0.4, -0.2) is 66.4 Å². The number of halogens is 3. The molecule has 0 unspecified atom stereocenters. The summed E-state index contributed by atoms with van der Waals surface area (Å²) in [6.45, 7) is 10.6. The molecular formula is C24H32Cl2FN3O2. The zero-order valence-corrected chi connectivity index (χ0v) is 20.5. The van der Waals surface area contributed by atoms with Gasteiger partial charge in [-0.3, -0.25) is 9.59 Å². The molecule has 0 N–H and O–H groups in total. The molecular weight excluding hydrogens is 452 g/mol. The predicted molar refractivity (Wildman–Crippen MR) is 130 cm³/mol. The van der Waals surface area contributed by atoms with Gasteiger partial charge in [0.05, 0.1) is 16.6 Å². The smallest absolute Gasteiger partial charge is 0.337 e. The van der Waals surface area contributed by atoms with Crippen molar-refractivity contribution in [3.63, 3.8) is 0 Å². The van der Waals surface area contributed by atoms with Crippen molar-refractivity contribution in [3.05, 3.63) is 70.5 Å². The Hall–Kier alpha value is -2.15. The summed E-state index contributed by atoms with van der Waals surface area (Å²) in [6.07, 6.45) is 6.46. The standard InChI is InChI=1S/C18H28FN3O2.C6H4Cl2/c1-5-7-9-16(18(19)24)22-13-12-21(14-15(22)3)17(23)10-8-11-20(4)6-2;7-5-3-1-2-4-6(5)8/h8-10H,3,5-7,11-14H2,1-2,4H3;1-4H/b10-8+,16-9-;. The molecule has 0 aliphatic carbocycles. The van der Waals surface area contributed by atoms with Crippen LogP contribution < -0.4 is 0 Å². The molecule has 1 aromatic carbocycles. The Morgan fingerprint density at radius 3 is 2.28 bits per heavy atom. The summed E-state index contributed by atoms with van der Waals surface area (Å²) >= 11 is 11.2. The lowest BCUT2D eigenvalue weighted by Gasteiger charge is -2.37. The molecule has 1 aliphatic rings. The Balaban J connectivity index is 0.000000533. The van der Waals surface area contributed by atoms with Gasteiger partial charge in [0, 0.05) is 31.4 Å². The molecule has 176 valence electrons. The van der Waals surface area contributed by atoms with Gasteiger partial charge in [0.15, 0.2) is 0 Å². The normalized spacial score (nSPS) is 14.6. The minimum Gasteiger partial charge on any atom is -0.337 e. The second-order valence-electron chi connectivity index (χ2n) is 7.30. The van der Waals surface area contributed by atoms with Gasteiger partial charge >= 0.3 is 6.04 Å². The van der Waals surface area contributed by atoms with E-state index >= 15 is 0 Å². The minimum atomic E-state index is -1.45. The van der Waals surface area contributed by atoms with Gasteiger partial charge in [0.25, 0.3) is 0 Å². The van der Waals surface area contributed by atoms with Crippen LogP contribution in [-0.2, 0) is 9.59 Å². The van der Waals surface area contributed by atoms with E-state index in [2.05, 4.69) is 18.4 Å². The first-order chi connectivity index (χ1) is 15.2. The monoisotopic (exact) mass is 483 g/mol. The highest BCUT2D eigenvalue weighted by atomic mass is 35.5. The first-order valence-electron chi connectivity index (χ1n) is 10.6. The Bertz CT molecular complexity index is 821. The van der Waals surface area contributed by atoms with Crippen LogP contribution in [0, 0.1) is 0 Å². The van der Waals surface area contributed by atoms with Gasteiger partial charge in [-0.25, -0.2) is 0 Å². The van der Waals surface area contributed by atoms with Crippen LogP contribution in [0.4, 0.5) is 4.39 Å². The molecule has 8 heteroatoms. The maximum Gasteiger partial charge on any atom is 0.348 e. The second kappa shape index (κ2) is 14.8. The van der Waals surface area contributed by atoms with Gasteiger partial charge < -0.3 is 14.7 Å². The Morgan fingerprint density at radius 1 is 1.19 bits per heavy atom. The van der Waals surface area contributed by atoms with E-state index in [1.165, 1.54) is 0 Å². The zero-order valence-electron chi connectivity index (χ0n) is 19.0. The van der Waals surface area contributed by atoms with Gasteiger partial charge in [0.2, 0.25) is 5.91 Å². The number of likely N-dealkylation sites (N-methyl/N-ethyl adjacent to an activating group) is 1. The molecule has 0 saturated carbocycles. The van der Waals surface area contributed by atoms with Crippen LogP contribution in [0.1, 0.15) is 26.7 Å². The van der Waals surface area contributed by atoms with Crippen molar-refractivity contribution in [1.82, 2.24) is 14.7 Å². The molecule has 1 aromatic rings. The highest BCUT2D eigenvalue weighted by Crippen LogP contribution is 2.20. The van der Waals surface area contributed by atoms with Crippen LogP contribution in [0.5, 0.6) is 0 Å². The molecule has 0 spiro atoms. The molecule has 32 heavy (non-hydrogen) atoms. The number of carbonyl (C=O) groups excluding carboxylic acids is 2. The highest BCUT2D eigenvalue weighted by Gasteiger charge is 2.27. The fourth-order valence-electron chi connectivity index (χ4n) is 2.83. The summed E-state index contributed by atoms with van der Waals surface area (Å²) in [5, 5.41) is 1.21. The van der Waals surface area contributed by atoms with Crippen molar-refractivity contribution < 1.29 is 14.0 Å². The fraction of sp³-hybridized carbons (Fsp3) is 0.417. The van der Waals surface area contributed by atoms with E-state index in [0.29, 0.717) is 48.3 Å². The fourth-order valence-corrected chi connectivity index (χ4v) is 3.10. The molecule has 0 aromatic heterocycles.